The van der Waals surface area contributed by atoms with Gasteiger partial charge in [0.15, 0.2) is 6.35 Å². The lowest BCUT2D eigenvalue weighted by molar-refractivity contribution is 0.0725. The van der Waals surface area contributed by atoms with E-state index < -0.39 is 7.60 Å². The Bertz CT molecular complexity index is 1310. The van der Waals surface area contributed by atoms with Gasteiger partial charge in [-0.15, -0.1) is 0 Å². The Kier molecular flexibility index (Phi) is 7.00. The lowest BCUT2D eigenvalue weighted by Crippen LogP contribution is -2.17. The van der Waals surface area contributed by atoms with E-state index in [2.05, 4.69) is 32.9 Å². The molecule has 0 amide bonds. The Morgan fingerprint density at radius 1 is 1.06 bits per heavy atom. The zero-order valence-corrected chi connectivity index (χ0v) is 22.4. The first-order chi connectivity index (χ1) is 17.2. The lowest BCUT2D eigenvalue weighted by Gasteiger charge is -2.30. The van der Waals surface area contributed by atoms with Gasteiger partial charge < -0.3 is 14.4 Å². The maximum Gasteiger partial charge on any atom is 0.368 e. The molecule has 0 spiro atoms. The van der Waals surface area contributed by atoms with E-state index in [0.29, 0.717) is 30.4 Å². The number of hydrogen-bond donors (Lipinski definition) is 1. The predicted molar refractivity (Wildman–Crippen MR) is 142 cm³/mol. The normalized spacial score (nSPS) is 23.4. The number of fused-ring (bicyclic) bond motifs is 1. The van der Waals surface area contributed by atoms with Crippen molar-refractivity contribution in [2.24, 2.45) is 0 Å². The second kappa shape index (κ2) is 10.0. The third-order valence-electron chi connectivity index (χ3n) is 7.55. The molecule has 3 atom stereocenters. The van der Waals surface area contributed by atoms with Crippen LogP contribution in [-0.4, -0.2) is 18.1 Å². The second-order valence-corrected chi connectivity index (χ2v) is 12.3. The Morgan fingerprint density at radius 2 is 1.83 bits per heavy atom. The van der Waals surface area contributed by atoms with Crippen molar-refractivity contribution < 1.29 is 23.5 Å². The number of phenolic OH excluding ortho intramolecular Hbond substituents is 1. The molecule has 5 nitrogen and oxygen atoms in total. The molecule has 1 N–H and O–H groups in total. The first kappa shape index (κ1) is 25.1. The molecule has 3 aromatic rings. The number of benzene rings is 3. The molecule has 5 rings (SSSR count). The van der Waals surface area contributed by atoms with Crippen LogP contribution >= 0.6 is 7.60 Å². The van der Waals surface area contributed by atoms with Gasteiger partial charge in [-0.3, -0.25) is 9.09 Å². The Hall–Kier alpha value is -2.59. The molecule has 0 aromatic heterocycles. The minimum Gasteiger partial charge on any atom is -0.508 e. The average molecular weight is 507 g/mol. The van der Waals surface area contributed by atoms with Crippen LogP contribution in [0.4, 0.5) is 0 Å². The lowest BCUT2D eigenvalue weighted by atomic mass is 9.91. The fourth-order valence-corrected chi connectivity index (χ4v) is 7.12. The molecular formula is C30H35O5P. The monoisotopic (exact) mass is 506 g/mol. The SMILES string of the molecule is Cc1cccc([C@@H]2CCO[P@@](=O)(COc3cc(C)c(Cc4ccc(O)c5c4CCC5C)c(C)c3)O2)c1. The fraction of sp³-hybridized carbons (Fsp3) is 0.400. The molecule has 1 aliphatic carbocycles. The van der Waals surface area contributed by atoms with E-state index in [9.17, 15) is 9.67 Å². The highest BCUT2D eigenvalue weighted by Crippen LogP contribution is 2.56. The summed E-state index contributed by atoms with van der Waals surface area (Å²) in [7, 11) is -3.38. The fourth-order valence-electron chi connectivity index (χ4n) is 5.61. The van der Waals surface area contributed by atoms with Crippen LogP contribution in [-0.2, 0) is 26.5 Å². The molecule has 1 aliphatic heterocycles. The van der Waals surface area contributed by atoms with Crippen LogP contribution in [0.5, 0.6) is 11.5 Å². The van der Waals surface area contributed by atoms with Gasteiger partial charge in [0, 0.05) is 12.0 Å². The number of rotatable bonds is 6. The molecule has 36 heavy (non-hydrogen) atoms. The summed E-state index contributed by atoms with van der Waals surface area (Å²) in [5, 5.41) is 10.4. The molecule has 1 unspecified atom stereocenters. The number of aromatic hydroxyl groups is 1. The number of ether oxygens (including phenoxy) is 1. The van der Waals surface area contributed by atoms with E-state index >= 15 is 0 Å². The number of aryl methyl sites for hydroxylation is 3. The summed E-state index contributed by atoms with van der Waals surface area (Å²) < 4.78 is 30.8. The van der Waals surface area contributed by atoms with Gasteiger partial charge in [-0.25, -0.2) is 0 Å². The van der Waals surface area contributed by atoms with E-state index in [4.69, 9.17) is 13.8 Å². The Morgan fingerprint density at radius 3 is 2.58 bits per heavy atom. The molecule has 1 heterocycles. The maximum atomic E-state index is 13.3. The molecule has 0 radical (unpaired) electrons. The molecule has 1 saturated heterocycles. The van der Waals surface area contributed by atoms with E-state index in [1.165, 1.54) is 16.7 Å². The van der Waals surface area contributed by atoms with E-state index in [-0.39, 0.29) is 12.5 Å². The van der Waals surface area contributed by atoms with Gasteiger partial charge in [-0.05, 0) is 97.5 Å². The van der Waals surface area contributed by atoms with Crippen molar-refractivity contribution >= 4 is 7.60 Å². The van der Waals surface area contributed by atoms with Crippen LogP contribution in [0.15, 0.2) is 48.5 Å². The molecule has 190 valence electrons. The largest absolute Gasteiger partial charge is 0.508 e. The first-order valence-electron chi connectivity index (χ1n) is 12.8. The molecular weight excluding hydrogens is 471 g/mol. The highest BCUT2D eigenvalue weighted by atomic mass is 31.2. The van der Waals surface area contributed by atoms with Crippen molar-refractivity contribution in [3.05, 3.63) is 93.0 Å². The third kappa shape index (κ3) is 5.11. The first-order valence-corrected chi connectivity index (χ1v) is 14.5. The highest BCUT2D eigenvalue weighted by Gasteiger charge is 2.35. The zero-order chi connectivity index (χ0) is 25.4. The molecule has 2 aliphatic rings. The third-order valence-corrected chi connectivity index (χ3v) is 9.14. The summed E-state index contributed by atoms with van der Waals surface area (Å²) in [5.41, 5.74) is 9.36. The summed E-state index contributed by atoms with van der Waals surface area (Å²) in [6.07, 6.45) is 3.21. The minimum absolute atomic E-state index is 0.114. The van der Waals surface area contributed by atoms with Crippen molar-refractivity contribution in [1.82, 2.24) is 0 Å². The number of phenols is 1. The maximum absolute atomic E-state index is 13.3. The van der Waals surface area contributed by atoms with E-state index in [1.54, 1.807) is 0 Å². The predicted octanol–water partition coefficient (Wildman–Crippen LogP) is 7.67. The van der Waals surface area contributed by atoms with E-state index in [1.807, 2.05) is 43.3 Å². The molecule has 1 fully saturated rings. The quantitative estimate of drug-likeness (QED) is 0.348. The average Bonchev–Trinajstić information content (AvgIpc) is 3.24. The summed E-state index contributed by atoms with van der Waals surface area (Å²) in [6, 6.07) is 16.0. The van der Waals surface area contributed by atoms with Crippen molar-refractivity contribution in [2.45, 2.75) is 65.4 Å². The van der Waals surface area contributed by atoms with Crippen LogP contribution in [0, 0.1) is 20.8 Å². The van der Waals surface area contributed by atoms with Crippen LogP contribution in [0.2, 0.25) is 0 Å². The van der Waals surface area contributed by atoms with Crippen LogP contribution in [0.25, 0.3) is 0 Å². The van der Waals surface area contributed by atoms with Crippen molar-refractivity contribution in [1.29, 1.82) is 0 Å². The highest BCUT2D eigenvalue weighted by molar-refractivity contribution is 7.53. The minimum atomic E-state index is -3.38. The van der Waals surface area contributed by atoms with Crippen LogP contribution in [0.1, 0.15) is 76.3 Å². The summed E-state index contributed by atoms with van der Waals surface area (Å²) in [4.78, 5) is 0. The Labute approximate surface area is 214 Å². The van der Waals surface area contributed by atoms with Gasteiger partial charge in [-0.2, -0.15) is 0 Å². The summed E-state index contributed by atoms with van der Waals surface area (Å²) >= 11 is 0. The van der Waals surface area contributed by atoms with Crippen LogP contribution < -0.4 is 4.74 Å². The zero-order valence-electron chi connectivity index (χ0n) is 21.5. The second-order valence-electron chi connectivity index (χ2n) is 10.3. The van der Waals surface area contributed by atoms with Crippen molar-refractivity contribution in [3.63, 3.8) is 0 Å². The molecule has 0 saturated carbocycles. The van der Waals surface area contributed by atoms with Gasteiger partial charge >= 0.3 is 7.60 Å². The summed E-state index contributed by atoms with van der Waals surface area (Å²) in [6.45, 7) is 8.78. The topological polar surface area (TPSA) is 65.0 Å². The van der Waals surface area contributed by atoms with Gasteiger partial charge in [0.05, 0.1) is 12.7 Å². The van der Waals surface area contributed by atoms with Gasteiger partial charge in [-0.1, -0.05) is 42.8 Å². The van der Waals surface area contributed by atoms with Crippen LogP contribution in [0.3, 0.4) is 0 Å². The molecule has 3 aromatic carbocycles. The van der Waals surface area contributed by atoms with Gasteiger partial charge in [0.2, 0.25) is 0 Å². The smallest absolute Gasteiger partial charge is 0.368 e. The molecule has 6 heteroatoms. The standard InChI is InChI=1S/C30H35O5P/c1-19-6-5-7-24(14-19)29-12-13-34-36(32,35-29)18-33-25-15-21(3)27(22(4)16-25)17-23-9-11-28(31)30-20(2)8-10-26(23)30/h5-7,9,11,14-16,20,29,31H,8,10,12-13,17-18H2,1-4H3/t20?,29-,36-/m0/s1. The van der Waals surface area contributed by atoms with E-state index in [0.717, 1.165) is 47.1 Å². The van der Waals surface area contributed by atoms with Gasteiger partial charge in [0.25, 0.3) is 0 Å². The summed E-state index contributed by atoms with van der Waals surface area (Å²) in [5.74, 6) is 1.48. The van der Waals surface area contributed by atoms with Crippen molar-refractivity contribution in [2.75, 3.05) is 13.0 Å². The number of hydrogen-bond acceptors (Lipinski definition) is 5. The Balaban J connectivity index is 1.29. The van der Waals surface area contributed by atoms with Crippen molar-refractivity contribution in [3.8, 4) is 11.5 Å². The molecule has 0 bridgehead atoms. The van der Waals surface area contributed by atoms with Gasteiger partial charge in [0.1, 0.15) is 11.5 Å².